The summed E-state index contributed by atoms with van der Waals surface area (Å²) in [6, 6.07) is 10.6. The number of rotatable bonds is 5. The Balaban J connectivity index is 1.65. The third-order valence-electron chi connectivity index (χ3n) is 4.35. The van der Waals surface area contributed by atoms with Crippen LogP contribution in [0.5, 0.6) is 5.75 Å². The zero-order valence-corrected chi connectivity index (χ0v) is 13.6. The van der Waals surface area contributed by atoms with Gasteiger partial charge >= 0.3 is 6.03 Å². The van der Waals surface area contributed by atoms with Crippen LogP contribution in [0.1, 0.15) is 31.1 Å². The van der Waals surface area contributed by atoms with Crippen molar-refractivity contribution in [1.29, 1.82) is 0 Å². The Morgan fingerprint density at radius 1 is 1.42 bits per heavy atom. The van der Waals surface area contributed by atoms with Crippen LogP contribution in [0.25, 0.3) is 0 Å². The van der Waals surface area contributed by atoms with Crippen molar-refractivity contribution >= 4 is 11.7 Å². The lowest BCUT2D eigenvalue weighted by Crippen LogP contribution is -2.39. The molecule has 3 rings (SSSR count). The highest BCUT2D eigenvalue weighted by atomic mass is 16.5. The van der Waals surface area contributed by atoms with E-state index in [0.29, 0.717) is 30.2 Å². The van der Waals surface area contributed by atoms with Gasteiger partial charge < -0.3 is 24.5 Å². The summed E-state index contributed by atoms with van der Waals surface area (Å²) < 4.78 is 10.5. The zero-order valence-electron chi connectivity index (χ0n) is 13.6. The molecule has 6 nitrogen and oxygen atoms in total. The van der Waals surface area contributed by atoms with E-state index in [4.69, 9.17) is 9.15 Å². The first-order valence-electron chi connectivity index (χ1n) is 8.11. The highest BCUT2D eigenvalue weighted by molar-refractivity contribution is 5.91. The van der Waals surface area contributed by atoms with Gasteiger partial charge in [0, 0.05) is 19.0 Å². The van der Waals surface area contributed by atoms with Crippen molar-refractivity contribution in [2.45, 2.75) is 31.4 Å². The highest BCUT2D eigenvalue weighted by Gasteiger charge is 2.31. The number of hydrogen-bond acceptors (Lipinski definition) is 4. The molecule has 0 bridgehead atoms. The van der Waals surface area contributed by atoms with E-state index in [1.165, 1.54) is 0 Å². The van der Waals surface area contributed by atoms with Crippen molar-refractivity contribution in [2.24, 2.45) is 0 Å². The second kappa shape index (κ2) is 7.40. The molecule has 0 aliphatic carbocycles. The molecule has 24 heavy (non-hydrogen) atoms. The summed E-state index contributed by atoms with van der Waals surface area (Å²) in [6.45, 7) is 0.677. The molecule has 128 valence electrons. The average molecular weight is 330 g/mol. The van der Waals surface area contributed by atoms with Gasteiger partial charge in [-0.15, -0.1) is 0 Å². The van der Waals surface area contributed by atoms with Crippen molar-refractivity contribution in [3.63, 3.8) is 0 Å². The lowest BCUT2D eigenvalue weighted by molar-refractivity contribution is 0.110. The van der Waals surface area contributed by atoms with Gasteiger partial charge in [-0.2, -0.15) is 0 Å². The smallest absolute Gasteiger partial charge is 0.322 e. The van der Waals surface area contributed by atoms with Crippen LogP contribution in [0.2, 0.25) is 0 Å². The number of hydrogen-bond donors (Lipinski definition) is 2. The number of methoxy groups -OCH3 is 1. The largest absolute Gasteiger partial charge is 0.495 e. The van der Waals surface area contributed by atoms with E-state index < -0.39 is 6.10 Å². The van der Waals surface area contributed by atoms with Gasteiger partial charge in [0.25, 0.3) is 0 Å². The van der Waals surface area contributed by atoms with Crippen LogP contribution < -0.4 is 10.1 Å². The molecule has 0 spiro atoms. The molecule has 6 heteroatoms. The van der Waals surface area contributed by atoms with E-state index in [1.807, 2.05) is 12.1 Å². The van der Waals surface area contributed by atoms with Crippen LogP contribution in [0, 0.1) is 0 Å². The van der Waals surface area contributed by atoms with E-state index in [0.717, 1.165) is 12.8 Å². The maximum atomic E-state index is 12.6. The minimum absolute atomic E-state index is 0.0141. The second-order valence-corrected chi connectivity index (χ2v) is 5.89. The molecule has 0 saturated carbocycles. The van der Waals surface area contributed by atoms with Gasteiger partial charge in [0.05, 0.1) is 19.1 Å². The van der Waals surface area contributed by atoms with Crippen LogP contribution in [-0.2, 0) is 0 Å². The van der Waals surface area contributed by atoms with Crippen LogP contribution in [0.15, 0.2) is 47.1 Å². The predicted molar refractivity (Wildman–Crippen MR) is 90.0 cm³/mol. The number of benzene rings is 1. The minimum atomic E-state index is -0.704. The molecule has 1 saturated heterocycles. The van der Waals surface area contributed by atoms with Crippen LogP contribution in [-0.4, -0.2) is 35.7 Å². The quantitative estimate of drug-likeness (QED) is 0.881. The number of carbonyl (C=O) groups is 1. The van der Waals surface area contributed by atoms with Crippen molar-refractivity contribution in [2.75, 3.05) is 19.0 Å². The highest BCUT2D eigenvalue weighted by Crippen LogP contribution is 2.29. The molecule has 1 aliphatic heterocycles. The van der Waals surface area contributed by atoms with Crippen LogP contribution in [0.4, 0.5) is 10.5 Å². The fraction of sp³-hybridized carbons (Fsp3) is 0.389. The Labute approximate surface area is 141 Å². The fourth-order valence-electron chi connectivity index (χ4n) is 3.14. The van der Waals surface area contributed by atoms with Gasteiger partial charge in [0.1, 0.15) is 17.6 Å². The summed E-state index contributed by atoms with van der Waals surface area (Å²) in [5, 5.41) is 13.2. The number of nitrogens with one attached hydrogen (secondary N) is 1. The number of anilines is 1. The molecule has 2 aromatic rings. The van der Waals surface area contributed by atoms with Gasteiger partial charge in [-0.05, 0) is 37.1 Å². The van der Waals surface area contributed by atoms with Gasteiger partial charge in [0.15, 0.2) is 0 Å². The Bertz CT molecular complexity index is 671. The standard InChI is InChI=1S/C18H22N2O4/c1-23-16-8-3-2-7-14(16)19-18(22)20-10-4-6-13(20)12-15(21)17-9-5-11-24-17/h2-3,5,7-9,11,13,15,21H,4,6,10,12H2,1H3,(H,19,22)/t13-,15+/m1/s1. The Morgan fingerprint density at radius 3 is 3.00 bits per heavy atom. The number of carbonyl (C=O) groups excluding carboxylic acids is 1. The normalized spacial score (nSPS) is 18.4. The summed E-state index contributed by atoms with van der Waals surface area (Å²) in [6.07, 6.45) is 3.10. The number of nitrogens with zero attached hydrogens (tertiary/aromatic N) is 1. The molecule has 1 aromatic heterocycles. The molecule has 2 N–H and O–H groups in total. The summed E-state index contributed by atoms with van der Waals surface area (Å²) in [5.41, 5.74) is 0.641. The molecular weight excluding hydrogens is 308 g/mol. The third-order valence-corrected chi connectivity index (χ3v) is 4.35. The molecule has 0 unspecified atom stereocenters. The van der Waals surface area contributed by atoms with E-state index in [9.17, 15) is 9.90 Å². The maximum Gasteiger partial charge on any atom is 0.322 e. The Hall–Kier alpha value is -2.47. The first-order valence-corrected chi connectivity index (χ1v) is 8.11. The van der Waals surface area contributed by atoms with Crippen LogP contribution >= 0.6 is 0 Å². The summed E-state index contributed by atoms with van der Waals surface area (Å²) in [7, 11) is 1.57. The molecule has 1 fully saturated rings. The summed E-state index contributed by atoms with van der Waals surface area (Å²) in [5.74, 6) is 1.16. The summed E-state index contributed by atoms with van der Waals surface area (Å²) >= 11 is 0. The van der Waals surface area contributed by atoms with Crippen molar-refractivity contribution in [3.8, 4) is 5.75 Å². The van der Waals surface area contributed by atoms with E-state index in [1.54, 1.807) is 42.5 Å². The number of likely N-dealkylation sites (tertiary alicyclic amines) is 1. The van der Waals surface area contributed by atoms with E-state index >= 15 is 0 Å². The average Bonchev–Trinajstić information content (AvgIpc) is 3.27. The molecular formula is C18H22N2O4. The number of aliphatic hydroxyl groups excluding tert-OH is 1. The van der Waals surface area contributed by atoms with Crippen molar-refractivity contribution in [1.82, 2.24) is 4.90 Å². The van der Waals surface area contributed by atoms with Gasteiger partial charge in [-0.25, -0.2) is 4.79 Å². The maximum absolute atomic E-state index is 12.6. The molecule has 0 radical (unpaired) electrons. The first kappa shape index (κ1) is 16.4. The molecule has 1 aromatic carbocycles. The van der Waals surface area contributed by atoms with E-state index in [-0.39, 0.29) is 12.1 Å². The van der Waals surface area contributed by atoms with Crippen molar-refractivity contribution < 1.29 is 19.1 Å². The van der Waals surface area contributed by atoms with Gasteiger partial charge in [0.2, 0.25) is 0 Å². The Morgan fingerprint density at radius 2 is 2.25 bits per heavy atom. The lowest BCUT2D eigenvalue weighted by Gasteiger charge is -2.26. The van der Waals surface area contributed by atoms with Crippen molar-refractivity contribution in [3.05, 3.63) is 48.4 Å². The molecule has 2 heterocycles. The zero-order chi connectivity index (χ0) is 16.9. The fourth-order valence-corrected chi connectivity index (χ4v) is 3.14. The molecule has 2 amide bonds. The SMILES string of the molecule is COc1ccccc1NC(=O)N1CCC[C@@H]1C[C@H](O)c1ccco1. The molecule has 2 atom stereocenters. The monoisotopic (exact) mass is 330 g/mol. The lowest BCUT2D eigenvalue weighted by atomic mass is 10.1. The summed E-state index contributed by atoms with van der Waals surface area (Å²) in [4.78, 5) is 14.4. The number of ether oxygens (including phenoxy) is 1. The van der Waals surface area contributed by atoms with E-state index in [2.05, 4.69) is 5.32 Å². The third kappa shape index (κ3) is 3.54. The van der Waals surface area contributed by atoms with Gasteiger partial charge in [-0.3, -0.25) is 0 Å². The first-order chi connectivity index (χ1) is 11.7. The van der Waals surface area contributed by atoms with Gasteiger partial charge in [-0.1, -0.05) is 12.1 Å². The topological polar surface area (TPSA) is 74.9 Å². The second-order valence-electron chi connectivity index (χ2n) is 5.89. The number of para-hydroxylation sites is 2. The minimum Gasteiger partial charge on any atom is -0.495 e. The number of furan rings is 1. The number of urea groups is 1. The Kier molecular flexibility index (Phi) is 5.05. The molecule has 1 aliphatic rings. The predicted octanol–water partition coefficient (Wildman–Crippen LogP) is 3.41. The van der Waals surface area contributed by atoms with Crippen LogP contribution in [0.3, 0.4) is 0 Å². The number of amides is 2. The number of aliphatic hydroxyl groups is 1.